The number of hydrogen-bond donors (Lipinski definition) is 2. The highest BCUT2D eigenvalue weighted by atomic mass is 19.2. The molecule has 0 radical (unpaired) electrons. The third-order valence-corrected chi connectivity index (χ3v) is 5.73. The third-order valence-electron chi connectivity index (χ3n) is 5.73. The minimum Gasteiger partial charge on any atom is -0.392 e. The van der Waals surface area contributed by atoms with Crippen molar-refractivity contribution in [1.82, 2.24) is 9.55 Å². The monoisotopic (exact) mass is 379 g/mol. The molecule has 5 nitrogen and oxygen atoms in total. The van der Waals surface area contributed by atoms with Crippen molar-refractivity contribution in [3.8, 4) is 6.07 Å². The summed E-state index contributed by atoms with van der Waals surface area (Å²) in [6.07, 6.45) is 2.57. The normalized spacial score (nSPS) is 14.6. The molecule has 0 saturated heterocycles. The minimum atomic E-state index is -1.13. The molecule has 0 unspecified atom stereocenters. The standard InChI is InChI=1S/C21H15F2N3O2/c22-17-11(9-27)7-14-19(18(17)23)26(12-2-1-3-12)21-16(20(14)28)13-5-4-10(8-24)6-15(13)25-21/h4-7,12,25,27H,1-3,9H2. The first-order valence-corrected chi connectivity index (χ1v) is 9.06. The van der Waals surface area contributed by atoms with E-state index in [9.17, 15) is 14.3 Å². The molecule has 0 atom stereocenters. The van der Waals surface area contributed by atoms with Crippen LogP contribution in [0.5, 0.6) is 0 Å². The van der Waals surface area contributed by atoms with Gasteiger partial charge in [-0.2, -0.15) is 5.26 Å². The number of halogens is 2. The second kappa shape index (κ2) is 5.88. The summed E-state index contributed by atoms with van der Waals surface area (Å²) in [6.45, 7) is -0.695. The van der Waals surface area contributed by atoms with Crippen LogP contribution in [0.3, 0.4) is 0 Å². The first-order valence-electron chi connectivity index (χ1n) is 9.06. The van der Waals surface area contributed by atoms with E-state index in [1.807, 2.05) is 0 Å². The number of nitrogens with zero attached hydrogens (tertiary/aromatic N) is 2. The van der Waals surface area contributed by atoms with E-state index in [1.54, 1.807) is 22.8 Å². The number of aromatic nitrogens is 2. The van der Waals surface area contributed by atoms with Gasteiger partial charge in [0.2, 0.25) is 0 Å². The van der Waals surface area contributed by atoms with Crippen LogP contribution >= 0.6 is 0 Å². The summed E-state index contributed by atoms with van der Waals surface area (Å²) in [5.74, 6) is -2.26. The number of nitrogens with one attached hydrogen (secondary N) is 1. The van der Waals surface area contributed by atoms with Gasteiger partial charge in [-0.1, -0.05) is 6.07 Å². The van der Waals surface area contributed by atoms with Crippen molar-refractivity contribution in [3.63, 3.8) is 0 Å². The number of fused-ring (bicyclic) bond motifs is 4. The molecule has 0 amide bonds. The van der Waals surface area contributed by atoms with Crippen molar-refractivity contribution in [2.45, 2.75) is 31.9 Å². The van der Waals surface area contributed by atoms with Crippen molar-refractivity contribution in [2.24, 2.45) is 0 Å². The Morgan fingerprint density at radius 3 is 2.64 bits per heavy atom. The van der Waals surface area contributed by atoms with E-state index < -0.39 is 23.7 Å². The van der Waals surface area contributed by atoms with E-state index in [0.717, 1.165) is 19.3 Å². The Balaban J connectivity index is 2.05. The minimum absolute atomic E-state index is 0.0487. The quantitative estimate of drug-likeness (QED) is 0.552. The van der Waals surface area contributed by atoms with Gasteiger partial charge >= 0.3 is 0 Å². The van der Waals surface area contributed by atoms with Gasteiger partial charge in [-0.05, 0) is 37.5 Å². The number of hydrogen-bond acceptors (Lipinski definition) is 3. The average Bonchev–Trinajstić information content (AvgIpc) is 3.04. The summed E-state index contributed by atoms with van der Waals surface area (Å²) in [5, 5.41) is 19.6. The smallest absolute Gasteiger partial charge is 0.199 e. The maximum absolute atomic E-state index is 15.0. The molecule has 1 saturated carbocycles. The Kier molecular flexibility index (Phi) is 3.55. The second-order valence-corrected chi connectivity index (χ2v) is 7.22. The number of benzene rings is 2. The van der Waals surface area contributed by atoms with Crippen LogP contribution in [0.2, 0.25) is 0 Å². The van der Waals surface area contributed by atoms with Gasteiger partial charge < -0.3 is 14.7 Å². The number of rotatable bonds is 2. The van der Waals surface area contributed by atoms with Crippen LogP contribution < -0.4 is 5.43 Å². The number of aliphatic hydroxyl groups is 1. The number of aromatic amines is 1. The van der Waals surface area contributed by atoms with Gasteiger partial charge in [-0.25, -0.2) is 8.78 Å². The predicted octanol–water partition coefficient (Wildman–Crippen LogP) is 4.00. The lowest BCUT2D eigenvalue weighted by Gasteiger charge is -2.30. The molecular formula is C21H15F2N3O2. The summed E-state index contributed by atoms with van der Waals surface area (Å²) in [5.41, 5.74) is 0.716. The molecule has 7 heteroatoms. The van der Waals surface area contributed by atoms with Gasteiger partial charge in [0.05, 0.1) is 34.5 Å². The summed E-state index contributed by atoms with van der Waals surface area (Å²) in [6, 6.07) is 8.20. The lowest BCUT2D eigenvalue weighted by Crippen LogP contribution is -2.22. The van der Waals surface area contributed by atoms with Crippen LogP contribution in [0, 0.1) is 23.0 Å². The van der Waals surface area contributed by atoms with Crippen LogP contribution in [0.15, 0.2) is 29.1 Å². The number of H-pyrrole nitrogens is 1. The highest BCUT2D eigenvalue weighted by Gasteiger charge is 2.28. The molecule has 1 fully saturated rings. The van der Waals surface area contributed by atoms with Crippen molar-refractivity contribution < 1.29 is 13.9 Å². The molecule has 1 aliphatic carbocycles. The van der Waals surface area contributed by atoms with Crippen LogP contribution in [0.1, 0.15) is 36.4 Å². The zero-order valence-electron chi connectivity index (χ0n) is 14.7. The van der Waals surface area contributed by atoms with E-state index >= 15 is 4.39 Å². The van der Waals surface area contributed by atoms with Crippen molar-refractivity contribution >= 4 is 32.8 Å². The lowest BCUT2D eigenvalue weighted by molar-refractivity contribution is 0.273. The van der Waals surface area contributed by atoms with E-state index in [2.05, 4.69) is 11.1 Å². The predicted molar refractivity (Wildman–Crippen MR) is 101 cm³/mol. The van der Waals surface area contributed by atoms with Gasteiger partial charge in [0.25, 0.3) is 0 Å². The first kappa shape index (κ1) is 16.9. The molecule has 0 bridgehead atoms. The molecule has 2 aromatic heterocycles. The maximum atomic E-state index is 15.0. The van der Waals surface area contributed by atoms with Crippen LogP contribution in [-0.2, 0) is 6.61 Å². The zero-order chi connectivity index (χ0) is 19.6. The Hall–Kier alpha value is -3.24. The Morgan fingerprint density at radius 1 is 1.21 bits per heavy atom. The summed E-state index contributed by atoms with van der Waals surface area (Å²) in [7, 11) is 0. The summed E-state index contributed by atoms with van der Waals surface area (Å²) in [4.78, 5) is 16.4. The molecule has 28 heavy (non-hydrogen) atoms. The first-order chi connectivity index (χ1) is 13.5. The van der Waals surface area contributed by atoms with Crippen molar-refractivity contribution in [1.29, 1.82) is 5.26 Å². The van der Waals surface area contributed by atoms with Gasteiger partial charge in [-0.15, -0.1) is 0 Å². The Bertz CT molecular complexity index is 1390. The molecule has 2 N–H and O–H groups in total. The molecule has 2 heterocycles. The SMILES string of the molecule is N#Cc1ccc2c(c1)[nH]c1c2c(=O)c2cc(CO)c(F)c(F)c2n1C1CCC1. The van der Waals surface area contributed by atoms with Crippen molar-refractivity contribution in [3.05, 3.63) is 57.3 Å². The number of nitriles is 1. The van der Waals surface area contributed by atoms with E-state index in [-0.39, 0.29) is 22.5 Å². The van der Waals surface area contributed by atoms with E-state index in [4.69, 9.17) is 5.26 Å². The topological polar surface area (TPSA) is 81.8 Å². The molecule has 140 valence electrons. The fraction of sp³-hybridized carbons (Fsp3) is 0.238. The largest absolute Gasteiger partial charge is 0.392 e. The zero-order valence-corrected chi connectivity index (χ0v) is 14.7. The van der Waals surface area contributed by atoms with Gasteiger partial charge in [0.15, 0.2) is 17.1 Å². The number of pyridine rings is 1. The molecule has 5 rings (SSSR count). The van der Waals surface area contributed by atoms with Gasteiger partial charge in [0, 0.05) is 22.5 Å². The second-order valence-electron chi connectivity index (χ2n) is 7.22. The highest BCUT2D eigenvalue weighted by molar-refractivity contribution is 6.10. The highest BCUT2D eigenvalue weighted by Crippen LogP contribution is 2.39. The summed E-state index contributed by atoms with van der Waals surface area (Å²) >= 11 is 0. The molecule has 0 aliphatic heterocycles. The lowest BCUT2D eigenvalue weighted by atomic mass is 9.91. The maximum Gasteiger partial charge on any atom is 0.199 e. The Morgan fingerprint density at radius 2 is 2.00 bits per heavy atom. The van der Waals surface area contributed by atoms with Crippen LogP contribution in [0.25, 0.3) is 32.8 Å². The molecular weight excluding hydrogens is 364 g/mol. The number of aliphatic hydroxyl groups excluding tert-OH is 1. The third kappa shape index (κ3) is 2.09. The van der Waals surface area contributed by atoms with Crippen LogP contribution in [-0.4, -0.2) is 14.7 Å². The van der Waals surface area contributed by atoms with Crippen LogP contribution in [0.4, 0.5) is 8.78 Å². The fourth-order valence-electron chi connectivity index (χ4n) is 4.11. The summed E-state index contributed by atoms with van der Waals surface area (Å²) < 4.78 is 31.1. The van der Waals surface area contributed by atoms with E-state index in [0.29, 0.717) is 27.5 Å². The molecule has 2 aromatic carbocycles. The Labute approximate surface area is 157 Å². The van der Waals surface area contributed by atoms with Gasteiger partial charge in [-0.3, -0.25) is 4.79 Å². The molecule has 1 aliphatic rings. The van der Waals surface area contributed by atoms with E-state index in [1.165, 1.54) is 6.07 Å². The average molecular weight is 379 g/mol. The molecule has 0 spiro atoms. The van der Waals surface area contributed by atoms with Gasteiger partial charge in [0.1, 0.15) is 5.65 Å². The fourth-order valence-corrected chi connectivity index (χ4v) is 4.11. The van der Waals surface area contributed by atoms with Crippen molar-refractivity contribution in [2.75, 3.05) is 0 Å². The molecule has 4 aromatic rings.